The highest BCUT2D eigenvalue weighted by Gasteiger charge is 2.21. The van der Waals surface area contributed by atoms with Gasteiger partial charge in [0.05, 0.1) is 24.5 Å². The Kier molecular flexibility index (Phi) is 4.34. The van der Waals surface area contributed by atoms with Crippen LogP contribution in [-0.2, 0) is 4.79 Å². The molecule has 3 rings (SSSR count). The maximum absolute atomic E-state index is 12.4. The molecule has 1 aliphatic rings. The molecule has 116 valence electrons. The summed E-state index contributed by atoms with van der Waals surface area (Å²) < 4.78 is 7.10. The van der Waals surface area contributed by atoms with E-state index < -0.39 is 0 Å². The van der Waals surface area contributed by atoms with Crippen LogP contribution in [0.4, 0.5) is 5.69 Å². The average molecular weight is 301 g/mol. The van der Waals surface area contributed by atoms with Crippen LogP contribution in [0.25, 0.3) is 5.69 Å². The summed E-state index contributed by atoms with van der Waals surface area (Å²) in [5.41, 5.74) is 1.50. The van der Waals surface area contributed by atoms with Crippen molar-refractivity contribution in [3.63, 3.8) is 0 Å². The predicted molar refractivity (Wildman–Crippen MR) is 82.2 cm³/mol. The van der Waals surface area contributed by atoms with E-state index in [2.05, 4.69) is 20.8 Å². The van der Waals surface area contributed by atoms with Gasteiger partial charge in [-0.25, -0.2) is 0 Å². The number of nitrogens with zero attached hydrogens (tertiary/aromatic N) is 3. The third-order valence-electron chi connectivity index (χ3n) is 3.78. The molecule has 7 heteroatoms. The van der Waals surface area contributed by atoms with E-state index in [0.717, 1.165) is 31.5 Å². The van der Waals surface area contributed by atoms with E-state index in [1.165, 1.54) is 0 Å². The molecule has 0 unspecified atom stereocenters. The number of nitrogens with one attached hydrogen (secondary N) is 2. The highest BCUT2D eigenvalue weighted by Crippen LogP contribution is 2.27. The van der Waals surface area contributed by atoms with Crippen LogP contribution in [0.2, 0.25) is 0 Å². The maximum Gasteiger partial charge on any atom is 0.241 e. The van der Waals surface area contributed by atoms with Crippen molar-refractivity contribution in [2.24, 2.45) is 0 Å². The van der Waals surface area contributed by atoms with Gasteiger partial charge in [-0.1, -0.05) is 6.42 Å². The van der Waals surface area contributed by atoms with Gasteiger partial charge in [0.1, 0.15) is 18.4 Å². The number of hydrogen-bond acceptors (Lipinski definition) is 5. The smallest absolute Gasteiger partial charge is 0.241 e. The first-order valence-corrected chi connectivity index (χ1v) is 7.35. The lowest BCUT2D eigenvalue weighted by Gasteiger charge is -2.23. The summed E-state index contributed by atoms with van der Waals surface area (Å²) in [6, 6.07) is 5.41. The minimum absolute atomic E-state index is 0.0288. The van der Waals surface area contributed by atoms with Gasteiger partial charge in [0, 0.05) is 0 Å². The molecule has 0 radical (unpaired) electrons. The zero-order valence-corrected chi connectivity index (χ0v) is 12.5. The SMILES string of the molecule is COc1ccc(-n2cnnc2)cc1NC(=O)[C@H]1CCCCN1. The number of carbonyl (C=O) groups is 1. The van der Waals surface area contributed by atoms with Crippen molar-refractivity contribution >= 4 is 11.6 Å². The van der Waals surface area contributed by atoms with Gasteiger partial charge in [-0.15, -0.1) is 10.2 Å². The number of benzene rings is 1. The first-order chi connectivity index (χ1) is 10.8. The van der Waals surface area contributed by atoms with E-state index in [9.17, 15) is 4.79 Å². The van der Waals surface area contributed by atoms with Crippen molar-refractivity contribution in [2.75, 3.05) is 19.0 Å². The molecule has 22 heavy (non-hydrogen) atoms. The fraction of sp³-hybridized carbons (Fsp3) is 0.400. The summed E-state index contributed by atoms with van der Waals surface area (Å²) in [7, 11) is 1.59. The van der Waals surface area contributed by atoms with E-state index in [1.54, 1.807) is 24.3 Å². The van der Waals surface area contributed by atoms with Crippen molar-refractivity contribution in [2.45, 2.75) is 25.3 Å². The Bertz CT molecular complexity index is 635. The molecule has 1 aromatic heterocycles. The molecular weight excluding hydrogens is 282 g/mol. The van der Waals surface area contributed by atoms with Crippen LogP contribution in [0.5, 0.6) is 5.75 Å². The fourth-order valence-corrected chi connectivity index (χ4v) is 2.58. The zero-order chi connectivity index (χ0) is 15.4. The van der Waals surface area contributed by atoms with Gasteiger partial charge in [0.15, 0.2) is 0 Å². The molecule has 2 heterocycles. The van der Waals surface area contributed by atoms with Crippen LogP contribution in [0, 0.1) is 0 Å². The number of amides is 1. The van der Waals surface area contributed by atoms with Gasteiger partial charge in [0.2, 0.25) is 5.91 Å². The van der Waals surface area contributed by atoms with E-state index in [-0.39, 0.29) is 11.9 Å². The zero-order valence-electron chi connectivity index (χ0n) is 12.5. The lowest BCUT2D eigenvalue weighted by atomic mass is 10.0. The summed E-state index contributed by atoms with van der Waals surface area (Å²) in [6.07, 6.45) is 6.27. The third-order valence-corrected chi connectivity index (χ3v) is 3.78. The summed E-state index contributed by atoms with van der Waals surface area (Å²) in [4.78, 5) is 12.4. The van der Waals surface area contributed by atoms with Crippen LogP contribution in [0.1, 0.15) is 19.3 Å². The molecule has 0 spiro atoms. The lowest BCUT2D eigenvalue weighted by molar-refractivity contribution is -0.118. The van der Waals surface area contributed by atoms with E-state index in [1.807, 2.05) is 18.2 Å². The third kappa shape index (κ3) is 3.09. The molecule has 2 N–H and O–H groups in total. The Hall–Kier alpha value is -2.41. The van der Waals surface area contributed by atoms with Gasteiger partial charge >= 0.3 is 0 Å². The molecule has 0 aliphatic carbocycles. The molecule has 1 aromatic carbocycles. The first-order valence-electron chi connectivity index (χ1n) is 7.35. The Labute approximate surface area is 128 Å². The molecule has 1 atom stereocenters. The molecule has 0 bridgehead atoms. The van der Waals surface area contributed by atoms with Crippen LogP contribution >= 0.6 is 0 Å². The molecule has 7 nitrogen and oxygen atoms in total. The highest BCUT2D eigenvalue weighted by molar-refractivity contribution is 5.96. The van der Waals surface area contributed by atoms with Gasteiger partial charge in [0.25, 0.3) is 0 Å². The second-order valence-electron chi connectivity index (χ2n) is 5.25. The standard InChI is InChI=1S/C15H19N5O2/c1-22-14-6-5-11(20-9-17-18-10-20)8-13(14)19-15(21)12-4-2-3-7-16-12/h5-6,8-10,12,16H,2-4,7H2,1H3,(H,19,21)/t12-/m1/s1. The van der Waals surface area contributed by atoms with Crippen LogP contribution in [0.15, 0.2) is 30.9 Å². The Morgan fingerprint density at radius 3 is 2.86 bits per heavy atom. The Morgan fingerprint density at radius 1 is 1.36 bits per heavy atom. The summed E-state index contributed by atoms with van der Waals surface area (Å²) in [5.74, 6) is 0.597. The molecule has 2 aromatic rings. The minimum Gasteiger partial charge on any atom is -0.495 e. The number of rotatable bonds is 4. The number of anilines is 1. The number of carbonyl (C=O) groups excluding carboxylic acids is 1. The topological polar surface area (TPSA) is 81.1 Å². The van der Waals surface area contributed by atoms with E-state index >= 15 is 0 Å². The molecule has 1 amide bonds. The van der Waals surface area contributed by atoms with Crippen molar-refractivity contribution in [3.8, 4) is 11.4 Å². The quantitative estimate of drug-likeness (QED) is 0.891. The van der Waals surface area contributed by atoms with E-state index in [0.29, 0.717) is 11.4 Å². The van der Waals surface area contributed by atoms with Crippen molar-refractivity contribution in [3.05, 3.63) is 30.9 Å². The molecular formula is C15H19N5O2. The second kappa shape index (κ2) is 6.57. The van der Waals surface area contributed by atoms with Crippen LogP contribution in [0.3, 0.4) is 0 Å². The van der Waals surface area contributed by atoms with Gasteiger partial charge in [-0.3, -0.25) is 9.36 Å². The normalized spacial score (nSPS) is 18.0. The van der Waals surface area contributed by atoms with Crippen molar-refractivity contribution < 1.29 is 9.53 Å². The van der Waals surface area contributed by atoms with E-state index in [4.69, 9.17) is 4.74 Å². The molecule has 0 saturated carbocycles. The van der Waals surface area contributed by atoms with Crippen molar-refractivity contribution in [1.82, 2.24) is 20.1 Å². The largest absolute Gasteiger partial charge is 0.495 e. The number of piperidine rings is 1. The van der Waals surface area contributed by atoms with Gasteiger partial charge < -0.3 is 15.4 Å². The summed E-state index contributed by atoms with van der Waals surface area (Å²) >= 11 is 0. The van der Waals surface area contributed by atoms with Crippen molar-refractivity contribution in [1.29, 1.82) is 0 Å². The number of ether oxygens (including phenoxy) is 1. The first kappa shape index (κ1) is 14.5. The number of aromatic nitrogens is 3. The minimum atomic E-state index is -0.142. The maximum atomic E-state index is 12.4. The monoisotopic (exact) mass is 301 g/mol. The Balaban J connectivity index is 1.81. The number of hydrogen-bond donors (Lipinski definition) is 2. The molecule has 1 saturated heterocycles. The average Bonchev–Trinajstić information content (AvgIpc) is 3.10. The molecule has 1 aliphatic heterocycles. The predicted octanol–water partition coefficient (Wildman–Crippen LogP) is 1.36. The Morgan fingerprint density at radius 2 is 2.18 bits per heavy atom. The van der Waals surface area contributed by atoms with Crippen LogP contribution < -0.4 is 15.4 Å². The summed E-state index contributed by atoms with van der Waals surface area (Å²) in [5, 5.41) is 13.8. The summed E-state index contributed by atoms with van der Waals surface area (Å²) in [6.45, 7) is 0.885. The molecule has 1 fully saturated rings. The highest BCUT2D eigenvalue weighted by atomic mass is 16.5. The van der Waals surface area contributed by atoms with Crippen LogP contribution in [-0.4, -0.2) is 40.4 Å². The fourth-order valence-electron chi connectivity index (χ4n) is 2.58. The number of methoxy groups -OCH3 is 1. The van der Waals surface area contributed by atoms with Gasteiger partial charge in [-0.05, 0) is 37.6 Å². The second-order valence-corrected chi connectivity index (χ2v) is 5.25. The van der Waals surface area contributed by atoms with Gasteiger partial charge in [-0.2, -0.15) is 0 Å². The lowest BCUT2D eigenvalue weighted by Crippen LogP contribution is -2.43.